The van der Waals surface area contributed by atoms with Crippen LogP contribution in [0.15, 0.2) is 18.2 Å². The van der Waals surface area contributed by atoms with Gasteiger partial charge < -0.3 is 15.2 Å². The Morgan fingerprint density at radius 2 is 2.07 bits per heavy atom. The van der Waals surface area contributed by atoms with Gasteiger partial charge in [-0.1, -0.05) is 17.7 Å². The highest BCUT2D eigenvalue weighted by atomic mass is 35.5. The smallest absolute Gasteiger partial charge is 0.141 e. The zero-order chi connectivity index (χ0) is 10.9. The first-order valence-corrected chi connectivity index (χ1v) is 5.27. The Morgan fingerprint density at radius 3 is 2.67 bits per heavy atom. The third kappa shape index (κ3) is 2.36. The highest BCUT2D eigenvalue weighted by Crippen LogP contribution is 2.37. The van der Waals surface area contributed by atoms with Crippen LogP contribution in [0.4, 0.5) is 0 Å². The highest BCUT2D eigenvalue weighted by Gasteiger charge is 2.39. The molecule has 0 aliphatic heterocycles. The fraction of sp³-hybridized carbons (Fsp3) is 0.455. The van der Waals surface area contributed by atoms with Gasteiger partial charge in [0.15, 0.2) is 0 Å². The second-order valence-electron chi connectivity index (χ2n) is 3.92. The average Bonchev–Trinajstić information content (AvgIpc) is 2.96. The first kappa shape index (κ1) is 10.6. The first-order chi connectivity index (χ1) is 7.14. The fourth-order valence-electron chi connectivity index (χ4n) is 1.29. The molecule has 0 heterocycles. The molecule has 1 saturated carbocycles. The molecule has 1 aromatic carbocycles. The van der Waals surface area contributed by atoms with Gasteiger partial charge in [0.25, 0.3) is 0 Å². The topological polar surface area (TPSA) is 44.5 Å². The number of halogens is 1. The van der Waals surface area contributed by atoms with Gasteiger partial charge in [0.2, 0.25) is 0 Å². The molecule has 4 heteroatoms. The lowest BCUT2D eigenvalue weighted by Crippen LogP contribution is -2.29. The van der Waals surface area contributed by atoms with Gasteiger partial charge >= 0.3 is 0 Å². The Kier molecular flexibility index (Phi) is 2.76. The van der Waals surface area contributed by atoms with Crippen molar-refractivity contribution in [2.24, 2.45) is 5.73 Å². The van der Waals surface area contributed by atoms with Crippen LogP contribution in [0.5, 0.6) is 11.5 Å². The number of nitrogens with two attached hydrogens (primary N) is 1. The van der Waals surface area contributed by atoms with Gasteiger partial charge in [-0.15, -0.1) is 0 Å². The normalized spacial score (nSPS) is 17.3. The fourth-order valence-corrected chi connectivity index (χ4v) is 1.54. The third-order valence-electron chi connectivity index (χ3n) is 2.56. The largest absolute Gasteiger partial charge is 0.495 e. The molecule has 0 atom stereocenters. The van der Waals surface area contributed by atoms with Crippen molar-refractivity contribution in [1.82, 2.24) is 0 Å². The van der Waals surface area contributed by atoms with Crippen LogP contribution < -0.4 is 15.2 Å². The van der Waals surface area contributed by atoms with Gasteiger partial charge in [0, 0.05) is 0 Å². The maximum Gasteiger partial charge on any atom is 0.141 e. The Labute approximate surface area is 94.1 Å². The van der Waals surface area contributed by atoms with Crippen LogP contribution in [0.3, 0.4) is 0 Å². The summed E-state index contributed by atoms with van der Waals surface area (Å²) < 4.78 is 10.7. The molecule has 1 fully saturated rings. The van der Waals surface area contributed by atoms with E-state index in [1.807, 2.05) is 12.1 Å². The lowest BCUT2D eigenvalue weighted by atomic mass is 10.3. The van der Waals surface area contributed by atoms with Crippen molar-refractivity contribution in [2.75, 3.05) is 13.7 Å². The summed E-state index contributed by atoms with van der Waals surface area (Å²) in [5.74, 6) is 1.25. The molecule has 2 N–H and O–H groups in total. The van der Waals surface area contributed by atoms with Crippen molar-refractivity contribution < 1.29 is 9.47 Å². The van der Waals surface area contributed by atoms with Crippen molar-refractivity contribution in [3.05, 3.63) is 23.2 Å². The third-order valence-corrected chi connectivity index (χ3v) is 2.93. The minimum absolute atomic E-state index is 0.133. The number of methoxy groups -OCH3 is 1. The number of benzene rings is 1. The van der Waals surface area contributed by atoms with Crippen molar-refractivity contribution in [2.45, 2.75) is 18.4 Å². The molecule has 1 aliphatic rings. The van der Waals surface area contributed by atoms with Crippen molar-refractivity contribution in [1.29, 1.82) is 0 Å². The van der Waals surface area contributed by atoms with Crippen LogP contribution in [-0.4, -0.2) is 19.3 Å². The van der Waals surface area contributed by atoms with E-state index in [9.17, 15) is 0 Å². The molecule has 0 unspecified atom stereocenters. The summed E-state index contributed by atoms with van der Waals surface area (Å²) >= 11 is 6.07. The van der Waals surface area contributed by atoms with E-state index in [1.54, 1.807) is 13.2 Å². The standard InChI is InChI=1S/C11H14ClNO2/c1-14-8-3-2-4-9(10(8)12)15-7-11(13)5-6-11/h2-4H,5-7,13H2,1H3. The van der Waals surface area contributed by atoms with E-state index in [0.29, 0.717) is 23.1 Å². The maximum atomic E-state index is 6.07. The summed E-state index contributed by atoms with van der Waals surface area (Å²) in [7, 11) is 1.58. The van der Waals surface area contributed by atoms with Crippen LogP contribution in [-0.2, 0) is 0 Å². The monoisotopic (exact) mass is 227 g/mol. The van der Waals surface area contributed by atoms with Crippen LogP contribution >= 0.6 is 11.6 Å². The molecule has 0 radical (unpaired) electrons. The van der Waals surface area contributed by atoms with Crippen molar-refractivity contribution in [3.63, 3.8) is 0 Å². The number of hydrogen-bond acceptors (Lipinski definition) is 3. The van der Waals surface area contributed by atoms with Gasteiger partial charge in [-0.05, 0) is 25.0 Å². The van der Waals surface area contributed by atoms with Crippen LogP contribution in [0.1, 0.15) is 12.8 Å². The van der Waals surface area contributed by atoms with Gasteiger partial charge in [-0.2, -0.15) is 0 Å². The van der Waals surface area contributed by atoms with E-state index >= 15 is 0 Å². The predicted octanol–water partition coefficient (Wildman–Crippen LogP) is 2.22. The van der Waals surface area contributed by atoms with Gasteiger partial charge in [0.1, 0.15) is 23.1 Å². The minimum atomic E-state index is -0.133. The summed E-state index contributed by atoms with van der Waals surface area (Å²) in [5.41, 5.74) is 5.78. The Balaban J connectivity index is 2.07. The second kappa shape index (κ2) is 3.91. The Bertz CT molecular complexity index is 364. The molecule has 2 rings (SSSR count). The van der Waals surface area contributed by atoms with E-state index in [0.717, 1.165) is 12.8 Å². The van der Waals surface area contributed by atoms with Crippen LogP contribution in [0.25, 0.3) is 0 Å². The average molecular weight is 228 g/mol. The van der Waals surface area contributed by atoms with E-state index < -0.39 is 0 Å². The van der Waals surface area contributed by atoms with Crippen molar-refractivity contribution >= 4 is 11.6 Å². The van der Waals surface area contributed by atoms with Gasteiger partial charge in [-0.3, -0.25) is 0 Å². The molecule has 0 saturated heterocycles. The number of rotatable bonds is 4. The quantitative estimate of drug-likeness (QED) is 0.858. The predicted molar refractivity (Wildman–Crippen MR) is 59.7 cm³/mol. The molecular weight excluding hydrogens is 214 g/mol. The summed E-state index contributed by atoms with van der Waals surface area (Å²) in [5, 5.41) is 0.504. The molecule has 15 heavy (non-hydrogen) atoms. The molecule has 0 spiro atoms. The molecule has 1 aliphatic carbocycles. The second-order valence-corrected chi connectivity index (χ2v) is 4.30. The molecule has 1 aromatic rings. The van der Waals surface area contributed by atoms with E-state index in [1.165, 1.54) is 0 Å². The lowest BCUT2D eigenvalue weighted by Gasteiger charge is -2.13. The summed E-state index contributed by atoms with van der Waals surface area (Å²) in [4.78, 5) is 0. The summed E-state index contributed by atoms with van der Waals surface area (Å²) in [6.45, 7) is 0.514. The SMILES string of the molecule is COc1cccc(OCC2(N)CC2)c1Cl. The lowest BCUT2D eigenvalue weighted by molar-refractivity contribution is 0.278. The molecule has 82 valence electrons. The number of hydrogen-bond donors (Lipinski definition) is 1. The zero-order valence-corrected chi connectivity index (χ0v) is 9.38. The van der Waals surface area contributed by atoms with Crippen LogP contribution in [0, 0.1) is 0 Å². The Morgan fingerprint density at radius 1 is 1.40 bits per heavy atom. The molecule has 0 bridgehead atoms. The molecule has 0 aromatic heterocycles. The van der Waals surface area contributed by atoms with Crippen LogP contribution in [0.2, 0.25) is 5.02 Å². The minimum Gasteiger partial charge on any atom is -0.495 e. The van der Waals surface area contributed by atoms with E-state index in [2.05, 4.69) is 0 Å². The first-order valence-electron chi connectivity index (χ1n) is 4.89. The van der Waals surface area contributed by atoms with Gasteiger partial charge in [-0.25, -0.2) is 0 Å². The van der Waals surface area contributed by atoms with Crippen molar-refractivity contribution in [3.8, 4) is 11.5 Å². The van der Waals surface area contributed by atoms with Gasteiger partial charge in [0.05, 0.1) is 12.6 Å². The molecular formula is C11H14ClNO2. The number of ether oxygens (including phenoxy) is 2. The molecule has 3 nitrogen and oxygen atoms in total. The zero-order valence-electron chi connectivity index (χ0n) is 8.63. The summed E-state index contributed by atoms with van der Waals surface area (Å²) in [6.07, 6.45) is 2.04. The highest BCUT2D eigenvalue weighted by molar-refractivity contribution is 6.33. The Hall–Kier alpha value is -0.930. The molecule has 0 amide bonds. The maximum absolute atomic E-state index is 6.07. The van der Waals surface area contributed by atoms with E-state index in [4.69, 9.17) is 26.8 Å². The summed E-state index contributed by atoms with van der Waals surface area (Å²) in [6, 6.07) is 5.46. The van der Waals surface area contributed by atoms with E-state index in [-0.39, 0.29) is 5.54 Å².